The Labute approximate surface area is 84.2 Å². The average molecular weight is 195 g/mol. The standard InChI is InChI=1S/C10H17N3O/c1-8-3-2-4-9(7-8)5-6-12-13-10(11)14/h5-6,8H,2-4,7H2,1H3,(H3,11,13,14)/b9-5-,12-6+. The Hall–Kier alpha value is -1.32. The third kappa shape index (κ3) is 4.07. The van der Waals surface area contributed by atoms with Crippen molar-refractivity contribution in [2.24, 2.45) is 16.8 Å². The van der Waals surface area contributed by atoms with Gasteiger partial charge in [0.05, 0.1) is 0 Å². The molecule has 1 rings (SSSR count). The van der Waals surface area contributed by atoms with Crippen LogP contribution in [0, 0.1) is 5.92 Å². The van der Waals surface area contributed by atoms with E-state index in [-0.39, 0.29) is 0 Å². The molecule has 0 aliphatic heterocycles. The first-order valence-electron chi connectivity index (χ1n) is 4.95. The second-order valence-corrected chi connectivity index (χ2v) is 3.78. The highest BCUT2D eigenvalue weighted by Gasteiger charge is 2.11. The van der Waals surface area contributed by atoms with Gasteiger partial charge in [0, 0.05) is 6.21 Å². The molecule has 0 heterocycles. The lowest BCUT2D eigenvalue weighted by atomic mass is 9.87. The molecule has 0 radical (unpaired) electrons. The van der Waals surface area contributed by atoms with Crippen molar-refractivity contribution in [3.05, 3.63) is 11.6 Å². The molecule has 1 fully saturated rings. The summed E-state index contributed by atoms with van der Waals surface area (Å²) in [4.78, 5) is 10.3. The van der Waals surface area contributed by atoms with Crippen LogP contribution < -0.4 is 11.2 Å². The monoisotopic (exact) mass is 195 g/mol. The fraction of sp³-hybridized carbons (Fsp3) is 0.600. The molecule has 1 atom stereocenters. The normalized spacial score (nSPS) is 25.5. The van der Waals surface area contributed by atoms with Crippen LogP contribution in [-0.2, 0) is 0 Å². The molecule has 0 bridgehead atoms. The molecule has 14 heavy (non-hydrogen) atoms. The second kappa shape index (κ2) is 5.42. The van der Waals surface area contributed by atoms with E-state index in [0.717, 1.165) is 18.8 Å². The number of hydrogen-bond acceptors (Lipinski definition) is 2. The van der Waals surface area contributed by atoms with Gasteiger partial charge in [-0.25, -0.2) is 10.2 Å². The molecule has 1 aliphatic carbocycles. The number of carbonyl (C=O) groups is 1. The van der Waals surface area contributed by atoms with Gasteiger partial charge >= 0.3 is 6.03 Å². The molecule has 4 nitrogen and oxygen atoms in total. The van der Waals surface area contributed by atoms with Gasteiger partial charge in [0.15, 0.2) is 0 Å². The minimum Gasteiger partial charge on any atom is -0.350 e. The zero-order valence-electron chi connectivity index (χ0n) is 8.49. The van der Waals surface area contributed by atoms with E-state index >= 15 is 0 Å². The molecule has 0 spiro atoms. The Balaban J connectivity index is 2.35. The molecular formula is C10H17N3O. The largest absolute Gasteiger partial charge is 0.350 e. The van der Waals surface area contributed by atoms with Crippen LogP contribution in [0.4, 0.5) is 4.79 Å². The van der Waals surface area contributed by atoms with Gasteiger partial charge in [0.25, 0.3) is 0 Å². The summed E-state index contributed by atoms with van der Waals surface area (Å²) in [6, 6.07) is -0.628. The average Bonchev–Trinajstić information content (AvgIpc) is 2.12. The lowest BCUT2D eigenvalue weighted by Gasteiger charge is -2.19. The molecule has 0 aromatic rings. The summed E-state index contributed by atoms with van der Waals surface area (Å²) in [6.45, 7) is 2.26. The predicted molar refractivity (Wildman–Crippen MR) is 56.9 cm³/mol. The lowest BCUT2D eigenvalue weighted by molar-refractivity contribution is 0.249. The Morgan fingerprint density at radius 3 is 3.14 bits per heavy atom. The van der Waals surface area contributed by atoms with Crippen molar-refractivity contribution in [3.63, 3.8) is 0 Å². The number of hydrazone groups is 1. The summed E-state index contributed by atoms with van der Waals surface area (Å²) in [6.07, 6.45) is 8.41. The maximum atomic E-state index is 10.3. The summed E-state index contributed by atoms with van der Waals surface area (Å²) in [7, 11) is 0. The SMILES string of the molecule is CC1CCC/C(=C/C=N/NC(N)=O)C1. The van der Waals surface area contributed by atoms with E-state index in [1.54, 1.807) is 6.21 Å². The number of primary amides is 1. The van der Waals surface area contributed by atoms with Gasteiger partial charge < -0.3 is 5.73 Å². The number of carbonyl (C=O) groups excluding carboxylic acids is 1. The number of nitrogens with zero attached hydrogens (tertiary/aromatic N) is 1. The summed E-state index contributed by atoms with van der Waals surface area (Å²) >= 11 is 0. The number of amides is 2. The number of allylic oxidation sites excluding steroid dienone is 2. The molecule has 1 aliphatic rings. The summed E-state index contributed by atoms with van der Waals surface area (Å²) in [5.74, 6) is 0.771. The van der Waals surface area contributed by atoms with Crippen LogP contribution in [0.1, 0.15) is 32.6 Å². The maximum Gasteiger partial charge on any atom is 0.332 e. The van der Waals surface area contributed by atoms with Crippen molar-refractivity contribution in [1.29, 1.82) is 0 Å². The van der Waals surface area contributed by atoms with Crippen LogP contribution in [0.2, 0.25) is 0 Å². The van der Waals surface area contributed by atoms with E-state index in [0.29, 0.717) is 0 Å². The van der Waals surface area contributed by atoms with Gasteiger partial charge in [-0.15, -0.1) is 0 Å². The van der Waals surface area contributed by atoms with Gasteiger partial charge in [-0.05, 0) is 31.3 Å². The fourth-order valence-electron chi connectivity index (χ4n) is 1.72. The Bertz CT molecular complexity index is 258. The van der Waals surface area contributed by atoms with E-state index in [9.17, 15) is 4.79 Å². The van der Waals surface area contributed by atoms with Crippen LogP contribution in [0.15, 0.2) is 16.8 Å². The molecule has 78 valence electrons. The molecule has 0 aromatic heterocycles. The lowest BCUT2D eigenvalue weighted by Crippen LogP contribution is -2.24. The smallest absolute Gasteiger partial charge is 0.332 e. The molecule has 3 N–H and O–H groups in total. The van der Waals surface area contributed by atoms with Crippen molar-refractivity contribution < 1.29 is 4.79 Å². The van der Waals surface area contributed by atoms with Crippen LogP contribution in [0.3, 0.4) is 0 Å². The second-order valence-electron chi connectivity index (χ2n) is 3.78. The molecule has 4 heteroatoms. The van der Waals surface area contributed by atoms with E-state index in [2.05, 4.69) is 17.5 Å². The summed E-state index contributed by atoms with van der Waals surface area (Å²) in [5.41, 5.74) is 8.41. The third-order valence-electron chi connectivity index (χ3n) is 2.36. The quantitative estimate of drug-likeness (QED) is 0.512. The highest BCUT2D eigenvalue weighted by atomic mass is 16.2. The molecule has 1 unspecified atom stereocenters. The van der Waals surface area contributed by atoms with Crippen molar-refractivity contribution in [3.8, 4) is 0 Å². The van der Waals surface area contributed by atoms with E-state index in [1.165, 1.54) is 18.4 Å². The van der Waals surface area contributed by atoms with Crippen LogP contribution in [0.5, 0.6) is 0 Å². The van der Waals surface area contributed by atoms with Crippen LogP contribution in [-0.4, -0.2) is 12.2 Å². The summed E-state index contributed by atoms with van der Waals surface area (Å²) < 4.78 is 0. The molecular weight excluding hydrogens is 178 g/mol. The zero-order valence-corrected chi connectivity index (χ0v) is 8.49. The van der Waals surface area contributed by atoms with E-state index in [4.69, 9.17) is 5.73 Å². The minimum absolute atomic E-state index is 0.628. The Morgan fingerprint density at radius 2 is 2.50 bits per heavy atom. The molecule has 0 saturated heterocycles. The Morgan fingerprint density at radius 1 is 1.71 bits per heavy atom. The van der Waals surface area contributed by atoms with Crippen molar-refractivity contribution >= 4 is 12.2 Å². The third-order valence-corrected chi connectivity index (χ3v) is 2.36. The Kier molecular flexibility index (Phi) is 4.16. The van der Waals surface area contributed by atoms with Gasteiger partial charge in [-0.3, -0.25) is 0 Å². The number of urea groups is 1. The number of nitrogens with two attached hydrogens (primary N) is 1. The van der Waals surface area contributed by atoms with Gasteiger partial charge in [-0.2, -0.15) is 5.10 Å². The molecule has 2 amide bonds. The predicted octanol–water partition coefficient (Wildman–Crippen LogP) is 1.78. The van der Waals surface area contributed by atoms with Crippen LogP contribution >= 0.6 is 0 Å². The van der Waals surface area contributed by atoms with Crippen LogP contribution in [0.25, 0.3) is 0 Å². The molecule has 0 aromatic carbocycles. The molecule has 1 saturated carbocycles. The first-order valence-corrected chi connectivity index (χ1v) is 4.95. The van der Waals surface area contributed by atoms with Crippen molar-refractivity contribution in [2.45, 2.75) is 32.6 Å². The number of hydrogen-bond donors (Lipinski definition) is 2. The fourth-order valence-corrected chi connectivity index (χ4v) is 1.72. The van der Waals surface area contributed by atoms with Crippen molar-refractivity contribution in [1.82, 2.24) is 5.43 Å². The first kappa shape index (κ1) is 10.8. The minimum atomic E-state index is -0.628. The first-order chi connectivity index (χ1) is 6.68. The highest BCUT2D eigenvalue weighted by molar-refractivity contribution is 5.76. The van der Waals surface area contributed by atoms with Gasteiger partial charge in [0.1, 0.15) is 0 Å². The number of rotatable bonds is 2. The van der Waals surface area contributed by atoms with Crippen molar-refractivity contribution in [2.75, 3.05) is 0 Å². The van der Waals surface area contributed by atoms with E-state index in [1.807, 2.05) is 6.08 Å². The van der Waals surface area contributed by atoms with E-state index < -0.39 is 6.03 Å². The van der Waals surface area contributed by atoms with Gasteiger partial charge in [-0.1, -0.05) is 18.9 Å². The summed E-state index contributed by atoms with van der Waals surface area (Å²) in [5, 5.41) is 3.66. The topological polar surface area (TPSA) is 67.5 Å². The highest BCUT2D eigenvalue weighted by Crippen LogP contribution is 2.27. The van der Waals surface area contributed by atoms with Gasteiger partial charge in [0.2, 0.25) is 0 Å². The maximum absolute atomic E-state index is 10.3. The zero-order chi connectivity index (χ0) is 10.4. The number of nitrogens with one attached hydrogen (secondary N) is 1.